The van der Waals surface area contributed by atoms with Gasteiger partial charge in [-0.15, -0.1) is 0 Å². The van der Waals surface area contributed by atoms with Crippen LogP contribution in [0.3, 0.4) is 0 Å². The number of phenolic OH excluding ortho intramolecular Hbond substituents is 1. The Hall–Kier alpha value is -3.34. The molecule has 0 spiro atoms. The van der Waals surface area contributed by atoms with Gasteiger partial charge in [0.05, 0.1) is 0 Å². The van der Waals surface area contributed by atoms with E-state index in [-0.39, 0.29) is 11.5 Å². The van der Waals surface area contributed by atoms with E-state index in [1.165, 1.54) is 16.7 Å². The molecule has 1 aliphatic rings. The number of phenols is 1. The summed E-state index contributed by atoms with van der Waals surface area (Å²) in [6.07, 6.45) is 17.1. The minimum Gasteiger partial charge on any atom is -0.507 e. The maximum atomic E-state index is 12.3. The fourth-order valence-corrected chi connectivity index (χ4v) is 5.44. The SMILES string of the molecule is C/C(=C\CC/C(C)=C/CCC1(C)CCc2c(C)c(O)c(C)c(C)c2O1)CC/C=C(\C)C(=O)NCCc1ccccn1. The van der Waals surface area contributed by atoms with Gasteiger partial charge in [0.1, 0.15) is 17.1 Å². The van der Waals surface area contributed by atoms with Gasteiger partial charge in [-0.3, -0.25) is 9.78 Å². The lowest BCUT2D eigenvalue weighted by molar-refractivity contribution is -0.117. The maximum absolute atomic E-state index is 12.3. The standard InChI is InChI=1S/C36H50N2O3/c1-25(15-11-17-27(3)35(40)38-24-20-31-18-8-9-23-37-31)13-10-14-26(2)16-12-21-36(7)22-19-32-30(6)33(39)28(4)29(5)34(32)41-36/h8-9,13,16-18,23,39H,10-12,14-15,19-22,24H2,1-7H3,(H,38,40)/b25-13+,26-16+,27-17+. The Morgan fingerprint density at radius 3 is 2.37 bits per heavy atom. The second kappa shape index (κ2) is 15.0. The fourth-order valence-electron chi connectivity index (χ4n) is 5.44. The quantitative estimate of drug-likeness (QED) is 0.191. The highest BCUT2D eigenvalue weighted by Crippen LogP contribution is 2.44. The number of pyridine rings is 1. The number of aromatic hydroxyl groups is 1. The lowest BCUT2D eigenvalue weighted by Gasteiger charge is -2.38. The summed E-state index contributed by atoms with van der Waals surface area (Å²) in [5.74, 6) is 1.40. The van der Waals surface area contributed by atoms with Crippen molar-refractivity contribution in [3.8, 4) is 11.5 Å². The summed E-state index contributed by atoms with van der Waals surface area (Å²) in [4.78, 5) is 16.6. The maximum Gasteiger partial charge on any atom is 0.246 e. The van der Waals surface area contributed by atoms with E-state index in [1.54, 1.807) is 6.20 Å². The van der Waals surface area contributed by atoms with E-state index in [2.05, 4.69) is 50.1 Å². The first-order valence-electron chi connectivity index (χ1n) is 15.2. The number of hydrogen-bond acceptors (Lipinski definition) is 4. The van der Waals surface area contributed by atoms with Gasteiger partial charge in [0.25, 0.3) is 0 Å². The van der Waals surface area contributed by atoms with Gasteiger partial charge >= 0.3 is 0 Å². The summed E-state index contributed by atoms with van der Waals surface area (Å²) >= 11 is 0. The molecule has 1 aromatic heterocycles. The van der Waals surface area contributed by atoms with Gasteiger partial charge in [-0.2, -0.15) is 0 Å². The molecule has 0 bridgehead atoms. The highest BCUT2D eigenvalue weighted by Gasteiger charge is 2.33. The van der Waals surface area contributed by atoms with Crippen molar-refractivity contribution in [2.24, 2.45) is 0 Å². The molecule has 1 aliphatic heterocycles. The molecule has 5 nitrogen and oxygen atoms in total. The van der Waals surface area contributed by atoms with E-state index in [4.69, 9.17) is 4.74 Å². The molecule has 2 heterocycles. The molecule has 5 heteroatoms. The summed E-state index contributed by atoms with van der Waals surface area (Å²) in [5.41, 5.74) is 8.49. The predicted molar refractivity (Wildman–Crippen MR) is 170 cm³/mol. The minimum atomic E-state index is -0.178. The Balaban J connectivity index is 1.37. The van der Waals surface area contributed by atoms with Crippen LogP contribution in [0.4, 0.5) is 0 Å². The normalized spacial score (nSPS) is 17.7. The van der Waals surface area contributed by atoms with Crippen molar-refractivity contribution in [3.63, 3.8) is 0 Å². The van der Waals surface area contributed by atoms with E-state index in [9.17, 15) is 9.90 Å². The number of benzene rings is 1. The molecule has 222 valence electrons. The molecule has 2 aromatic rings. The second-order valence-electron chi connectivity index (χ2n) is 12.0. The zero-order valence-electron chi connectivity index (χ0n) is 26.3. The van der Waals surface area contributed by atoms with Gasteiger partial charge in [0.2, 0.25) is 5.91 Å². The van der Waals surface area contributed by atoms with Gasteiger partial charge < -0.3 is 15.2 Å². The van der Waals surface area contributed by atoms with E-state index >= 15 is 0 Å². The zero-order valence-corrected chi connectivity index (χ0v) is 26.3. The number of amides is 1. The first kappa shape index (κ1) is 32.2. The number of fused-ring (bicyclic) bond motifs is 1. The molecule has 0 radical (unpaired) electrons. The molecule has 1 aromatic carbocycles. The molecule has 2 N–H and O–H groups in total. The van der Waals surface area contributed by atoms with Gasteiger partial charge in [-0.05, 0) is 129 Å². The molecule has 0 aliphatic carbocycles. The van der Waals surface area contributed by atoms with Crippen LogP contribution >= 0.6 is 0 Å². The summed E-state index contributed by atoms with van der Waals surface area (Å²) < 4.78 is 6.59. The van der Waals surface area contributed by atoms with Crippen LogP contribution < -0.4 is 10.1 Å². The summed E-state index contributed by atoms with van der Waals surface area (Å²) in [7, 11) is 0. The average molecular weight is 559 g/mol. The molecule has 3 rings (SSSR count). The van der Waals surface area contributed by atoms with Gasteiger partial charge in [-0.25, -0.2) is 0 Å². The Morgan fingerprint density at radius 1 is 1.00 bits per heavy atom. The van der Waals surface area contributed by atoms with Crippen LogP contribution in [0, 0.1) is 20.8 Å². The second-order valence-corrected chi connectivity index (χ2v) is 12.0. The van der Waals surface area contributed by atoms with Crippen LogP contribution in [0.5, 0.6) is 11.5 Å². The number of allylic oxidation sites excluding steroid dienone is 5. The average Bonchev–Trinajstić information content (AvgIpc) is 2.95. The highest BCUT2D eigenvalue weighted by molar-refractivity contribution is 5.92. The monoisotopic (exact) mass is 558 g/mol. The van der Waals surface area contributed by atoms with Crippen LogP contribution in [-0.4, -0.2) is 28.1 Å². The van der Waals surface area contributed by atoms with Gasteiger partial charge in [0, 0.05) is 36.0 Å². The lowest BCUT2D eigenvalue weighted by atomic mass is 9.85. The molecular weight excluding hydrogens is 508 g/mol. The molecule has 41 heavy (non-hydrogen) atoms. The Labute approximate surface area is 247 Å². The molecule has 0 saturated heterocycles. The van der Waals surface area contributed by atoms with Crippen LogP contribution in [0.1, 0.15) is 101 Å². The number of carbonyl (C=O) groups is 1. The van der Waals surface area contributed by atoms with Crippen LogP contribution in [0.2, 0.25) is 0 Å². The third-order valence-corrected chi connectivity index (χ3v) is 8.53. The third kappa shape index (κ3) is 9.34. The van der Waals surface area contributed by atoms with E-state index < -0.39 is 0 Å². The first-order chi connectivity index (χ1) is 19.5. The van der Waals surface area contributed by atoms with E-state index in [1.807, 2.05) is 45.0 Å². The number of rotatable bonds is 13. The van der Waals surface area contributed by atoms with Crippen molar-refractivity contribution < 1.29 is 14.6 Å². The highest BCUT2D eigenvalue weighted by atomic mass is 16.5. The first-order valence-corrected chi connectivity index (χ1v) is 15.2. The molecular formula is C36H50N2O3. The number of nitrogens with zero attached hydrogens (tertiary/aromatic N) is 1. The Bertz CT molecular complexity index is 1290. The molecule has 1 amide bonds. The van der Waals surface area contributed by atoms with Crippen LogP contribution in [0.25, 0.3) is 0 Å². The summed E-state index contributed by atoms with van der Waals surface area (Å²) in [5, 5.41) is 13.4. The van der Waals surface area contributed by atoms with Gasteiger partial charge in [-0.1, -0.05) is 35.4 Å². The Morgan fingerprint density at radius 2 is 1.68 bits per heavy atom. The van der Waals surface area contributed by atoms with Gasteiger partial charge in [0.15, 0.2) is 0 Å². The van der Waals surface area contributed by atoms with Crippen LogP contribution in [-0.2, 0) is 17.6 Å². The smallest absolute Gasteiger partial charge is 0.246 e. The minimum absolute atomic E-state index is 0.000296. The van der Waals surface area contributed by atoms with E-state index in [0.717, 1.165) is 91.5 Å². The van der Waals surface area contributed by atoms with Crippen molar-refractivity contribution >= 4 is 5.91 Å². The molecule has 0 saturated carbocycles. The van der Waals surface area contributed by atoms with Crippen molar-refractivity contribution in [2.75, 3.05) is 6.54 Å². The zero-order chi connectivity index (χ0) is 30.0. The number of carbonyl (C=O) groups excluding carboxylic acids is 1. The largest absolute Gasteiger partial charge is 0.507 e. The lowest BCUT2D eigenvalue weighted by Crippen LogP contribution is -2.37. The topological polar surface area (TPSA) is 71.5 Å². The number of nitrogens with one attached hydrogen (secondary N) is 1. The van der Waals surface area contributed by atoms with E-state index in [0.29, 0.717) is 12.3 Å². The Kier molecular flexibility index (Phi) is 11.8. The molecule has 0 fully saturated rings. The number of hydrogen-bond donors (Lipinski definition) is 2. The summed E-state index contributed by atoms with van der Waals surface area (Å²) in [6.45, 7) is 15.1. The number of ether oxygens (including phenoxy) is 1. The summed E-state index contributed by atoms with van der Waals surface area (Å²) in [6, 6.07) is 5.84. The molecule has 1 atom stereocenters. The fraction of sp³-hybridized carbons (Fsp3) is 0.500. The van der Waals surface area contributed by atoms with Crippen molar-refractivity contribution in [1.82, 2.24) is 10.3 Å². The van der Waals surface area contributed by atoms with Crippen molar-refractivity contribution in [2.45, 2.75) is 112 Å². The van der Waals surface area contributed by atoms with Crippen LogP contribution in [0.15, 0.2) is 59.3 Å². The number of aromatic nitrogens is 1. The predicted octanol–water partition coefficient (Wildman–Crippen LogP) is 8.33. The van der Waals surface area contributed by atoms with Crippen molar-refractivity contribution in [3.05, 3.63) is 87.3 Å². The molecule has 1 unspecified atom stereocenters. The van der Waals surface area contributed by atoms with Crippen molar-refractivity contribution in [1.29, 1.82) is 0 Å². The third-order valence-electron chi connectivity index (χ3n) is 8.53.